The van der Waals surface area contributed by atoms with E-state index in [1.807, 2.05) is 30.3 Å². The molecular formula is C20H20BrNO5. The van der Waals surface area contributed by atoms with Crippen molar-refractivity contribution in [1.82, 2.24) is 5.32 Å². The zero-order chi connectivity index (χ0) is 19.6. The predicted octanol–water partition coefficient (Wildman–Crippen LogP) is 3.88. The van der Waals surface area contributed by atoms with Gasteiger partial charge < -0.3 is 14.8 Å². The van der Waals surface area contributed by atoms with Crippen molar-refractivity contribution in [2.75, 3.05) is 7.11 Å². The highest BCUT2D eigenvalue weighted by Gasteiger charge is 2.23. The molecule has 7 heteroatoms. The second-order valence-corrected chi connectivity index (χ2v) is 6.67. The zero-order valence-corrected chi connectivity index (χ0v) is 16.4. The number of carbonyl (C=O) groups is 3. The molecule has 27 heavy (non-hydrogen) atoms. The van der Waals surface area contributed by atoms with Crippen LogP contribution in [-0.4, -0.2) is 31.0 Å². The number of esters is 1. The van der Waals surface area contributed by atoms with Crippen LogP contribution in [-0.2, 0) is 20.9 Å². The number of benzene rings is 2. The van der Waals surface area contributed by atoms with Crippen molar-refractivity contribution in [3.63, 3.8) is 0 Å². The van der Waals surface area contributed by atoms with Crippen molar-refractivity contribution in [2.24, 2.45) is 0 Å². The third-order valence-corrected chi connectivity index (χ3v) is 4.35. The molecule has 0 bridgehead atoms. The first kappa shape index (κ1) is 20.6. The first-order chi connectivity index (χ1) is 13.0. The van der Waals surface area contributed by atoms with Gasteiger partial charge in [0.05, 0.1) is 7.11 Å². The first-order valence-corrected chi connectivity index (χ1v) is 9.12. The number of hydrogen-bond donors (Lipinski definition) is 1. The maximum atomic E-state index is 12.2. The second kappa shape index (κ2) is 10.5. The Bertz CT molecular complexity index is 777. The quantitative estimate of drug-likeness (QED) is 0.504. The van der Waals surface area contributed by atoms with Gasteiger partial charge in [0, 0.05) is 16.5 Å². The monoisotopic (exact) mass is 433 g/mol. The summed E-state index contributed by atoms with van der Waals surface area (Å²) in [5, 5.41) is 2.46. The van der Waals surface area contributed by atoms with Gasteiger partial charge in [-0.05, 0) is 24.1 Å². The lowest BCUT2D eigenvalue weighted by molar-refractivity contribution is -0.143. The molecule has 0 fully saturated rings. The van der Waals surface area contributed by atoms with Gasteiger partial charge in [0.2, 0.25) is 0 Å². The van der Waals surface area contributed by atoms with Gasteiger partial charge in [-0.15, -0.1) is 0 Å². The molecule has 1 unspecified atom stereocenters. The Morgan fingerprint density at radius 2 is 1.70 bits per heavy atom. The van der Waals surface area contributed by atoms with Gasteiger partial charge in [0.15, 0.2) is 5.78 Å². The zero-order valence-electron chi connectivity index (χ0n) is 14.8. The molecule has 0 radical (unpaired) electrons. The van der Waals surface area contributed by atoms with E-state index < -0.39 is 18.1 Å². The fourth-order valence-corrected chi connectivity index (χ4v) is 2.61. The fraction of sp³-hybridized carbons (Fsp3) is 0.250. The van der Waals surface area contributed by atoms with Gasteiger partial charge >= 0.3 is 12.1 Å². The minimum absolute atomic E-state index is 0.0654. The summed E-state index contributed by atoms with van der Waals surface area (Å²) >= 11 is 3.33. The van der Waals surface area contributed by atoms with Crippen LogP contribution in [0.1, 0.15) is 28.8 Å². The Balaban J connectivity index is 1.87. The number of methoxy groups -OCH3 is 1. The molecular weight excluding hydrogens is 414 g/mol. The summed E-state index contributed by atoms with van der Waals surface area (Å²) in [6, 6.07) is 15.1. The number of nitrogens with one attached hydrogen (secondary N) is 1. The lowest BCUT2D eigenvalue weighted by atomic mass is 10.0. The summed E-state index contributed by atoms with van der Waals surface area (Å²) in [6.07, 6.45) is -0.537. The molecule has 0 saturated carbocycles. The molecule has 0 heterocycles. The minimum Gasteiger partial charge on any atom is -0.467 e. The van der Waals surface area contributed by atoms with E-state index in [4.69, 9.17) is 9.47 Å². The minimum atomic E-state index is -0.958. The highest BCUT2D eigenvalue weighted by molar-refractivity contribution is 9.10. The van der Waals surface area contributed by atoms with E-state index in [9.17, 15) is 14.4 Å². The van der Waals surface area contributed by atoms with Crippen LogP contribution in [0.2, 0.25) is 0 Å². The predicted molar refractivity (Wildman–Crippen MR) is 103 cm³/mol. The molecule has 142 valence electrons. The lowest BCUT2D eigenvalue weighted by Crippen LogP contribution is -2.42. The van der Waals surface area contributed by atoms with E-state index in [1.54, 1.807) is 24.3 Å². The van der Waals surface area contributed by atoms with Crippen molar-refractivity contribution in [2.45, 2.75) is 25.5 Å². The first-order valence-electron chi connectivity index (χ1n) is 8.33. The summed E-state index contributed by atoms with van der Waals surface area (Å²) in [5.41, 5.74) is 1.36. The van der Waals surface area contributed by atoms with Crippen molar-refractivity contribution in [3.8, 4) is 0 Å². The summed E-state index contributed by atoms with van der Waals surface area (Å²) in [5.74, 6) is -0.744. The van der Waals surface area contributed by atoms with Crippen LogP contribution in [0, 0.1) is 0 Å². The molecule has 0 aliphatic rings. The van der Waals surface area contributed by atoms with E-state index in [0.717, 1.165) is 10.0 Å². The highest BCUT2D eigenvalue weighted by Crippen LogP contribution is 2.12. The smallest absolute Gasteiger partial charge is 0.408 e. The lowest BCUT2D eigenvalue weighted by Gasteiger charge is -2.16. The van der Waals surface area contributed by atoms with Crippen LogP contribution in [0.5, 0.6) is 0 Å². The Kier molecular flexibility index (Phi) is 8.00. The molecule has 0 aliphatic carbocycles. The Morgan fingerprint density at radius 3 is 2.33 bits per heavy atom. The average Bonchev–Trinajstić information content (AvgIpc) is 2.70. The third-order valence-electron chi connectivity index (χ3n) is 3.82. The van der Waals surface area contributed by atoms with E-state index in [0.29, 0.717) is 5.56 Å². The van der Waals surface area contributed by atoms with Gasteiger partial charge in [-0.25, -0.2) is 9.59 Å². The number of ketones is 1. The topological polar surface area (TPSA) is 81.7 Å². The molecule has 1 amide bonds. The van der Waals surface area contributed by atoms with Gasteiger partial charge in [0.1, 0.15) is 12.6 Å². The summed E-state index contributed by atoms with van der Waals surface area (Å²) in [7, 11) is 1.23. The van der Waals surface area contributed by atoms with E-state index in [1.165, 1.54) is 7.11 Å². The highest BCUT2D eigenvalue weighted by atomic mass is 79.9. The summed E-state index contributed by atoms with van der Waals surface area (Å²) in [4.78, 5) is 36.1. The number of Topliss-reactive ketones (excluding diaryl/α,β-unsaturated/α-hetero) is 1. The molecule has 2 rings (SSSR count). The SMILES string of the molecule is COC(=O)C(CCC(=O)c1ccccc1)NC(=O)OCc1ccc(Br)cc1. The van der Waals surface area contributed by atoms with Crippen LogP contribution in [0.25, 0.3) is 0 Å². The van der Waals surface area contributed by atoms with Crippen LogP contribution in [0.4, 0.5) is 4.79 Å². The fourth-order valence-electron chi connectivity index (χ4n) is 2.35. The number of rotatable bonds is 8. The molecule has 0 aromatic heterocycles. The number of ether oxygens (including phenoxy) is 2. The number of amides is 1. The molecule has 6 nitrogen and oxygen atoms in total. The van der Waals surface area contributed by atoms with Crippen molar-refractivity contribution >= 4 is 33.8 Å². The Labute approximate surface area is 166 Å². The summed E-state index contributed by atoms with van der Waals surface area (Å²) < 4.78 is 10.7. The van der Waals surface area contributed by atoms with Crippen LogP contribution >= 0.6 is 15.9 Å². The van der Waals surface area contributed by atoms with Gasteiger partial charge in [-0.2, -0.15) is 0 Å². The maximum absolute atomic E-state index is 12.2. The van der Waals surface area contributed by atoms with Crippen molar-refractivity contribution < 1.29 is 23.9 Å². The van der Waals surface area contributed by atoms with Gasteiger partial charge in [-0.1, -0.05) is 58.4 Å². The van der Waals surface area contributed by atoms with Gasteiger partial charge in [0.25, 0.3) is 0 Å². The molecule has 2 aromatic carbocycles. The number of hydrogen-bond acceptors (Lipinski definition) is 5. The molecule has 0 saturated heterocycles. The molecule has 0 spiro atoms. The molecule has 0 aliphatic heterocycles. The van der Waals surface area contributed by atoms with Crippen LogP contribution < -0.4 is 5.32 Å². The third kappa shape index (κ3) is 6.86. The normalized spacial score (nSPS) is 11.3. The van der Waals surface area contributed by atoms with Crippen molar-refractivity contribution in [3.05, 3.63) is 70.2 Å². The largest absolute Gasteiger partial charge is 0.467 e. The number of halogens is 1. The maximum Gasteiger partial charge on any atom is 0.408 e. The Hall–Kier alpha value is -2.67. The standard InChI is InChI=1S/C20H20BrNO5/c1-26-19(24)17(11-12-18(23)15-5-3-2-4-6-15)22-20(25)27-13-14-7-9-16(21)10-8-14/h2-10,17H,11-13H2,1H3,(H,22,25). The number of alkyl carbamates (subject to hydrolysis) is 1. The van der Waals surface area contributed by atoms with Gasteiger partial charge in [-0.3, -0.25) is 4.79 Å². The Morgan fingerprint density at radius 1 is 1.04 bits per heavy atom. The van der Waals surface area contributed by atoms with E-state index in [2.05, 4.69) is 21.2 Å². The van der Waals surface area contributed by atoms with E-state index in [-0.39, 0.29) is 25.2 Å². The molecule has 1 N–H and O–H groups in total. The number of carbonyl (C=O) groups excluding carboxylic acids is 3. The second-order valence-electron chi connectivity index (χ2n) is 5.75. The van der Waals surface area contributed by atoms with E-state index >= 15 is 0 Å². The molecule has 1 atom stereocenters. The van der Waals surface area contributed by atoms with Crippen LogP contribution in [0.15, 0.2) is 59.1 Å². The van der Waals surface area contributed by atoms with Crippen LogP contribution in [0.3, 0.4) is 0 Å². The van der Waals surface area contributed by atoms with Crippen molar-refractivity contribution in [1.29, 1.82) is 0 Å². The average molecular weight is 434 g/mol. The summed E-state index contributed by atoms with van der Waals surface area (Å²) in [6.45, 7) is 0.0654. The molecule has 2 aromatic rings.